The van der Waals surface area contributed by atoms with Crippen LogP contribution in [0.3, 0.4) is 0 Å². The Kier molecular flexibility index (Phi) is 8.25. The van der Waals surface area contributed by atoms with Gasteiger partial charge in [0.2, 0.25) is 5.91 Å². The monoisotopic (exact) mass is 536 g/mol. The maximum absolute atomic E-state index is 13.4. The van der Waals surface area contributed by atoms with Crippen LogP contribution in [0.2, 0.25) is 5.02 Å². The predicted molar refractivity (Wildman–Crippen MR) is 142 cm³/mol. The van der Waals surface area contributed by atoms with Crippen molar-refractivity contribution >= 4 is 29.2 Å². The topological polar surface area (TPSA) is 125 Å². The maximum atomic E-state index is 13.4. The summed E-state index contributed by atoms with van der Waals surface area (Å²) in [4.78, 5) is 41.9. The van der Waals surface area contributed by atoms with E-state index < -0.39 is 23.5 Å². The van der Waals surface area contributed by atoms with Gasteiger partial charge >= 0.3 is 5.97 Å². The number of carbonyl (C=O) groups is 2. The number of anilines is 1. The molecule has 1 unspecified atom stereocenters. The van der Waals surface area contributed by atoms with Gasteiger partial charge in [0.05, 0.1) is 30.9 Å². The van der Waals surface area contributed by atoms with E-state index in [2.05, 4.69) is 10.3 Å². The fraction of sp³-hybridized carbons (Fsp3) is 0.185. The van der Waals surface area contributed by atoms with Gasteiger partial charge in [-0.25, -0.2) is 9.78 Å². The molecule has 1 atom stereocenters. The van der Waals surface area contributed by atoms with Crippen molar-refractivity contribution in [2.24, 2.45) is 0 Å². The number of hydrogen-bond acceptors (Lipinski definition) is 6. The van der Waals surface area contributed by atoms with Gasteiger partial charge in [0.1, 0.15) is 11.8 Å². The van der Waals surface area contributed by atoms with Crippen molar-refractivity contribution in [2.45, 2.75) is 12.5 Å². The highest BCUT2D eigenvalue weighted by atomic mass is 35.5. The van der Waals surface area contributed by atoms with E-state index in [1.54, 1.807) is 35.4 Å². The van der Waals surface area contributed by atoms with Crippen LogP contribution in [0.4, 0.5) is 5.69 Å². The summed E-state index contributed by atoms with van der Waals surface area (Å²) in [6.45, 7) is 0.214. The summed E-state index contributed by atoms with van der Waals surface area (Å²) in [5.41, 5.74) is 1.92. The van der Waals surface area contributed by atoms with Gasteiger partial charge < -0.3 is 24.5 Å². The van der Waals surface area contributed by atoms with Crippen molar-refractivity contribution in [3.05, 3.63) is 94.4 Å². The summed E-state index contributed by atoms with van der Waals surface area (Å²) in [5, 5.41) is 12.3. The second-order valence-electron chi connectivity index (χ2n) is 8.30. The molecule has 1 amide bonds. The third-order valence-electron chi connectivity index (χ3n) is 5.93. The van der Waals surface area contributed by atoms with Gasteiger partial charge in [-0.1, -0.05) is 11.6 Å². The number of amides is 1. The molecule has 2 aromatic heterocycles. The number of nitrogens with zero attached hydrogens (tertiary/aromatic N) is 3. The van der Waals surface area contributed by atoms with Crippen LogP contribution in [0.15, 0.2) is 78.2 Å². The number of hydrogen-bond donors (Lipinski definition) is 2. The first kappa shape index (κ1) is 26.6. The lowest BCUT2D eigenvalue weighted by atomic mass is 10.0. The summed E-state index contributed by atoms with van der Waals surface area (Å²) in [7, 11) is 2.98. The van der Waals surface area contributed by atoms with E-state index in [0.717, 1.165) is 5.69 Å². The summed E-state index contributed by atoms with van der Waals surface area (Å²) in [6, 6.07) is 11.5. The molecular weight excluding hydrogens is 512 g/mol. The number of carboxylic acid groups (broad SMARTS) is 1. The second kappa shape index (κ2) is 11.8. The predicted octanol–water partition coefficient (Wildman–Crippen LogP) is 4.28. The molecule has 0 aliphatic heterocycles. The van der Waals surface area contributed by atoms with Gasteiger partial charge in [0.15, 0.2) is 0 Å². The first-order valence-electron chi connectivity index (χ1n) is 11.5. The number of imidazole rings is 1. The molecular formula is C27H25ClN4O6. The SMILES string of the molecule is COCCC(C(=O)Nc1ccc(C(=O)O)cc1)n1cc(OC)c(-c2cc(Cl)ccc2-n2ccnc2)cc1=O. The minimum atomic E-state index is -1.07. The normalized spacial score (nSPS) is 11.7. The van der Waals surface area contributed by atoms with Gasteiger partial charge in [-0.15, -0.1) is 0 Å². The van der Waals surface area contributed by atoms with E-state index in [4.69, 9.17) is 26.2 Å². The number of nitrogens with one attached hydrogen (secondary N) is 1. The van der Waals surface area contributed by atoms with Gasteiger partial charge in [-0.3, -0.25) is 14.2 Å². The molecule has 11 heteroatoms. The molecule has 0 spiro atoms. The van der Waals surface area contributed by atoms with Crippen molar-refractivity contribution in [1.82, 2.24) is 14.1 Å². The van der Waals surface area contributed by atoms with E-state index >= 15 is 0 Å². The van der Waals surface area contributed by atoms with Crippen molar-refractivity contribution in [1.29, 1.82) is 0 Å². The highest BCUT2D eigenvalue weighted by Crippen LogP contribution is 2.35. The number of methoxy groups -OCH3 is 2. The van der Waals surface area contributed by atoms with Crippen LogP contribution >= 0.6 is 11.6 Å². The summed E-state index contributed by atoms with van der Waals surface area (Å²) >= 11 is 6.30. The Morgan fingerprint density at radius 3 is 2.50 bits per heavy atom. The number of pyridine rings is 1. The molecule has 0 radical (unpaired) electrons. The number of aromatic nitrogens is 3. The van der Waals surface area contributed by atoms with Crippen LogP contribution in [0.1, 0.15) is 22.8 Å². The number of aromatic carboxylic acids is 1. The van der Waals surface area contributed by atoms with E-state index in [0.29, 0.717) is 27.6 Å². The number of carboxylic acids is 1. The first-order chi connectivity index (χ1) is 18.3. The maximum Gasteiger partial charge on any atom is 0.335 e. The zero-order valence-electron chi connectivity index (χ0n) is 20.6. The molecule has 2 aromatic carbocycles. The molecule has 10 nitrogen and oxygen atoms in total. The minimum absolute atomic E-state index is 0.0894. The van der Waals surface area contributed by atoms with Gasteiger partial charge in [-0.2, -0.15) is 0 Å². The van der Waals surface area contributed by atoms with E-state index in [-0.39, 0.29) is 18.6 Å². The van der Waals surface area contributed by atoms with Crippen LogP contribution in [0.25, 0.3) is 16.8 Å². The smallest absolute Gasteiger partial charge is 0.335 e. The lowest BCUT2D eigenvalue weighted by Crippen LogP contribution is -2.34. The molecule has 0 saturated heterocycles. The standard InChI is InChI=1S/C27H25ClN4O6/c1-37-12-9-23(26(34)30-19-6-3-17(4-7-19)27(35)36)32-15-24(38-2)21(14-25(32)33)20-13-18(28)5-8-22(20)31-11-10-29-16-31/h3-8,10-11,13-16,23H,9,12H2,1-2H3,(H,30,34)(H,35,36). The van der Waals surface area contributed by atoms with E-state index in [1.165, 1.54) is 55.3 Å². The Balaban J connectivity index is 1.74. The second-order valence-corrected chi connectivity index (χ2v) is 8.74. The van der Waals surface area contributed by atoms with Crippen LogP contribution in [0.5, 0.6) is 5.75 Å². The molecule has 0 fully saturated rings. The average Bonchev–Trinajstić information content (AvgIpc) is 3.44. The summed E-state index contributed by atoms with van der Waals surface area (Å²) in [6.07, 6.45) is 6.74. The number of ether oxygens (including phenoxy) is 2. The fourth-order valence-electron chi connectivity index (χ4n) is 4.04. The van der Waals surface area contributed by atoms with Crippen molar-refractivity contribution in [2.75, 3.05) is 26.1 Å². The molecule has 38 heavy (non-hydrogen) atoms. The molecule has 196 valence electrons. The molecule has 4 aromatic rings. The number of benzene rings is 2. The lowest BCUT2D eigenvalue weighted by Gasteiger charge is -2.22. The molecule has 2 N–H and O–H groups in total. The Labute approximate surface area is 223 Å². The van der Waals surface area contributed by atoms with E-state index in [9.17, 15) is 14.4 Å². The van der Waals surface area contributed by atoms with Crippen LogP contribution < -0.4 is 15.6 Å². The zero-order valence-corrected chi connectivity index (χ0v) is 21.4. The quantitative estimate of drug-likeness (QED) is 0.310. The van der Waals surface area contributed by atoms with Crippen LogP contribution in [0, 0.1) is 0 Å². The van der Waals surface area contributed by atoms with Crippen molar-refractivity contribution in [3.8, 4) is 22.6 Å². The van der Waals surface area contributed by atoms with Crippen LogP contribution in [-0.4, -0.2) is 51.9 Å². The largest absolute Gasteiger partial charge is 0.495 e. The Hall–Kier alpha value is -4.41. The highest BCUT2D eigenvalue weighted by molar-refractivity contribution is 6.31. The number of carbonyl (C=O) groups excluding carboxylic acids is 1. The fourth-order valence-corrected chi connectivity index (χ4v) is 4.22. The zero-order chi connectivity index (χ0) is 27.2. The molecule has 4 rings (SSSR count). The summed E-state index contributed by atoms with van der Waals surface area (Å²) < 4.78 is 13.9. The summed E-state index contributed by atoms with van der Waals surface area (Å²) in [5.74, 6) is -1.19. The van der Waals surface area contributed by atoms with E-state index in [1.807, 2.05) is 6.07 Å². The van der Waals surface area contributed by atoms with Crippen molar-refractivity contribution in [3.63, 3.8) is 0 Å². The molecule has 0 bridgehead atoms. The minimum Gasteiger partial charge on any atom is -0.495 e. The molecule has 0 aliphatic rings. The molecule has 0 aliphatic carbocycles. The van der Waals surface area contributed by atoms with Crippen molar-refractivity contribution < 1.29 is 24.2 Å². The Morgan fingerprint density at radius 1 is 1.11 bits per heavy atom. The Bertz CT molecular complexity index is 1500. The lowest BCUT2D eigenvalue weighted by molar-refractivity contribution is -0.119. The third kappa shape index (κ3) is 5.77. The highest BCUT2D eigenvalue weighted by Gasteiger charge is 2.24. The molecule has 0 saturated carbocycles. The van der Waals surface area contributed by atoms with Crippen LogP contribution in [-0.2, 0) is 9.53 Å². The van der Waals surface area contributed by atoms with Gasteiger partial charge in [-0.05, 0) is 42.5 Å². The molecule has 2 heterocycles. The Morgan fingerprint density at radius 2 is 1.87 bits per heavy atom. The first-order valence-corrected chi connectivity index (χ1v) is 11.9. The average molecular weight is 537 g/mol. The number of rotatable bonds is 10. The van der Waals surface area contributed by atoms with Gasteiger partial charge in [0.25, 0.3) is 5.56 Å². The third-order valence-corrected chi connectivity index (χ3v) is 6.16. The number of halogens is 1. The van der Waals surface area contributed by atoms with Gasteiger partial charge in [0, 0.05) is 60.4 Å².